The normalized spacial score (nSPS) is 15.8. The van der Waals surface area contributed by atoms with Crippen molar-refractivity contribution in [3.8, 4) is 11.5 Å². The predicted octanol–water partition coefficient (Wildman–Crippen LogP) is 3.85. The van der Waals surface area contributed by atoms with Gasteiger partial charge in [-0.15, -0.1) is 0 Å². The minimum atomic E-state index is 0.238. The molecule has 110 valence electrons. The maximum Gasteiger partial charge on any atom is 0.124 e. The molecular weight excluding hydrogens is 250 g/mol. The van der Waals surface area contributed by atoms with Crippen LogP contribution in [0.25, 0.3) is 0 Å². The van der Waals surface area contributed by atoms with Gasteiger partial charge in [-0.25, -0.2) is 0 Å². The van der Waals surface area contributed by atoms with Crippen LogP contribution >= 0.6 is 0 Å². The Morgan fingerprint density at radius 2 is 2.10 bits per heavy atom. The highest BCUT2D eigenvalue weighted by molar-refractivity contribution is 5.45. The molecule has 3 heteroatoms. The van der Waals surface area contributed by atoms with Crippen molar-refractivity contribution >= 4 is 0 Å². The van der Waals surface area contributed by atoms with Gasteiger partial charge in [-0.1, -0.05) is 18.6 Å². The van der Waals surface area contributed by atoms with Gasteiger partial charge < -0.3 is 14.8 Å². The fraction of sp³-hybridized carbons (Fsp3) is 0.529. The van der Waals surface area contributed by atoms with Gasteiger partial charge in [-0.2, -0.15) is 0 Å². The average molecular weight is 275 g/mol. The van der Waals surface area contributed by atoms with Crippen molar-refractivity contribution < 1.29 is 9.47 Å². The lowest BCUT2D eigenvalue weighted by molar-refractivity contribution is 0.393. The third-order valence-electron chi connectivity index (χ3n) is 3.79. The minimum absolute atomic E-state index is 0.238. The Balaban J connectivity index is 2.35. The molecule has 0 heterocycles. The third kappa shape index (κ3) is 3.34. The molecule has 20 heavy (non-hydrogen) atoms. The van der Waals surface area contributed by atoms with Crippen molar-refractivity contribution in [3.63, 3.8) is 0 Å². The zero-order chi connectivity index (χ0) is 14.4. The number of hydrogen-bond donors (Lipinski definition) is 1. The summed E-state index contributed by atoms with van der Waals surface area (Å²) in [6.07, 6.45) is 7.10. The van der Waals surface area contributed by atoms with Gasteiger partial charge in [0.1, 0.15) is 11.5 Å². The van der Waals surface area contributed by atoms with Crippen molar-refractivity contribution in [3.05, 3.63) is 35.4 Å². The summed E-state index contributed by atoms with van der Waals surface area (Å²) in [6, 6.07) is 6.26. The molecule has 0 radical (unpaired) electrons. The highest BCUT2D eigenvalue weighted by Crippen LogP contribution is 2.37. The van der Waals surface area contributed by atoms with Crippen LogP contribution in [-0.2, 0) is 0 Å². The van der Waals surface area contributed by atoms with E-state index in [0.29, 0.717) is 0 Å². The third-order valence-corrected chi connectivity index (χ3v) is 3.79. The Hall–Kier alpha value is -1.48. The van der Waals surface area contributed by atoms with Crippen LogP contribution in [0.3, 0.4) is 0 Å². The standard InChI is InChI=1S/C17H25NO2/c1-4-11-18-17(13-7-5-6-8-13)15-12-14(19-2)9-10-16(15)20-3/h7,9-10,12,17-18H,4-6,8,11H2,1-3H3. The molecule has 0 bridgehead atoms. The monoisotopic (exact) mass is 275 g/mol. The van der Waals surface area contributed by atoms with E-state index in [2.05, 4.69) is 24.4 Å². The highest BCUT2D eigenvalue weighted by Gasteiger charge is 2.22. The summed E-state index contributed by atoms with van der Waals surface area (Å²) in [7, 11) is 3.43. The quantitative estimate of drug-likeness (QED) is 0.767. The summed E-state index contributed by atoms with van der Waals surface area (Å²) in [5.74, 6) is 1.80. The highest BCUT2D eigenvalue weighted by atomic mass is 16.5. The van der Waals surface area contributed by atoms with Gasteiger partial charge in [0, 0.05) is 5.56 Å². The lowest BCUT2D eigenvalue weighted by atomic mass is 9.96. The summed E-state index contributed by atoms with van der Waals surface area (Å²) in [4.78, 5) is 0. The maximum atomic E-state index is 5.54. The molecule has 1 aromatic rings. The molecule has 1 aliphatic carbocycles. The van der Waals surface area contributed by atoms with Crippen molar-refractivity contribution in [2.75, 3.05) is 20.8 Å². The van der Waals surface area contributed by atoms with E-state index in [4.69, 9.17) is 9.47 Å². The molecule has 1 aromatic carbocycles. The van der Waals surface area contributed by atoms with E-state index in [1.54, 1.807) is 14.2 Å². The van der Waals surface area contributed by atoms with E-state index in [1.807, 2.05) is 12.1 Å². The van der Waals surface area contributed by atoms with Gasteiger partial charge in [0.05, 0.1) is 20.3 Å². The number of allylic oxidation sites excluding steroid dienone is 1. The van der Waals surface area contributed by atoms with Gasteiger partial charge in [0.15, 0.2) is 0 Å². The molecule has 0 spiro atoms. The Labute approximate surface area is 122 Å². The molecular formula is C17H25NO2. The molecule has 1 unspecified atom stereocenters. The molecule has 0 aliphatic heterocycles. The Kier molecular flexibility index (Phi) is 5.48. The van der Waals surface area contributed by atoms with E-state index in [1.165, 1.54) is 30.4 Å². The molecule has 0 aromatic heterocycles. The van der Waals surface area contributed by atoms with Crippen LogP contribution in [0.5, 0.6) is 11.5 Å². The zero-order valence-electron chi connectivity index (χ0n) is 12.7. The summed E-state index contributed by atoms with van der Waals surface area (Å²) in [6.45, 7) is 3.19. The average Bonchev–Trinajstić information content (AvgIpc) is 3.01. The maximum absolute atomic E-state index is 5.54. The molecule has 0 fully saturated rings. The smallest absolute Gasteiger partial charge is 0.124 e. The number of benzene rings is 1. The largest absolute Gasteiger partial charge is 0.497 e. The molecule has 1 aliphatic rings. The van der Waals surface area contributed by atoms with Gasteiger partial charge in [-0.3, -0.25) is 0 Å². The van der Waals surface area contributed by atoms with Crippen LogP contribution in [0.2, 0.25) is 0 Å². The molecule has 1 N–H and O–H groups in total. The van der Waals surface area contributed by atoms with E-state index >= 15 is 0 Å². The second-order valence-electron chi connectivity index (χ2n) is 5.17. The first kappa shape index (κ1) is 14.9. The second-order valence-corrected chi connectivity index (χ2v) is 5.17. The van der Waals surface area contributed by atoms with Gasteiger partial charge >= 0.3 is 0 Å². The summed E-state index contributed by atoms with van der Waals surface area (Å²) < 4.78 is 10.9. The van der Waals surface area contributed by atoms with Gasteiger partial charge in [0.25, 0.3) is 0 Å². The molecule has 0 amide bonds. The fourth-order valence-electron chi connectivity index (χ4n) is 2.75. The molecule has 0 saturated heterocycles. The van der Waals surface area contributed by atoms with Crippen LogP contribution < -0.4 is 14.8 Å². The number of ether oxygens (including phenoxy) is 2. The molecule has 1 atom stereocenters. The molecule has 3 nitrogen and oxygen atoms in total. The number of methoxy groups -OCH3 is 2. The van der Waals surface area contributed by atoms with E-state index in [0.717, 1.165) is 24.5 Å². The number of rotatable bonds is 7. The van der Waals surface area contributed by atoms with Crippen molar-refractivity contribution in [1.29, 1.82) is 0 Å². The Bertz CT molecular complexity index is 468. The topological polar surface area (TPSA) is 30.5 Å². The van der Waals surface area contributed by atoms with Gasteiger partial charge in [0.2, 0.25) is 0 Å². The molecule has 0 saturated carbocycles. The summed E-state index contributed by atoms with van der Waals surface area (Å²) >= 11 is 0. The predicted molar refractivity (Wildman–Crippen MR) is 82.5 cm³/mol. The lowest BCUT2D eigenvalue weighted by Crippen LogP contribution is -2.24. The zero-order valence-corrected chi connectivity index (χ0v) is 12.7. The first-order valence-corrected chi connectivity index (χ1v) is 7.44. The SMILES string of the molecule is CCCNC(C1=CCCC1)c1cc(OC)ccc1OC. The first-order chi connectivity index (χ1) is 9.80. The van der Waals surface area contributed by atoms with Gasteiger partial charge in [-0.05, 0) is 50.4 Å². The van der Waals surface area contributed by atoms with Crippen LogP contribution in [-0.4, -0.2) is 20.8 Å². The molecule has 2 rings (SSSR count). The van der Waals surface area contributed by atoms with E-state index in [9.17, 15) is 0 Å². The van der Waals surface area contributed by atoms with E-state index < -0.39 is 0 Å². The Morgan fingerprint density at radius 1 is 1.25 bits per heavy atom. The van der Waals surface area contributed by atoms with Crippen LogP contribution in [0.15, 0.2) is 29.8 Å². The van der Waals surface area contributed by atoms with Crippen molar-refractivity contribution in [1.82, 2.24) is 5.32 Å². The van der Waals surface area contributed by atoms with Crippen LogP contribution in [0.4, 0.5) is 0 Å². The second kappa shape index (κ2) is 7.34. The first-order valence-electron chi connectivity index (χ1n) is 7.44. The van der Waals surface area contributed by atoms with Crippen molar-refractivity contribution in [2.24, 2.45) is 0 Å². The van der Waals surface area contributed by atoms with Crippen LogP contribution in [0.1, 0.15) is 44.2 Å². The van der Waals surface area contributed by atoms with Crippen LogP contribution in [0, 0.1) is 0 Å². The minimum Gasteiger partial charge on any atom is -0.497 e. The lowest BCUT2D eigenvalue weighted by Gasteiger charge is -2.23. The van der Waals surface area contributed by atoms with E-state index in [-0.39, 0.29) is 6.04 Å². The number of hydrogen-bond acceptors (Lipinski definition) is 3. The summed E-state index contributed by atoms with van der Waals surface area (Å²) in [5, 5.41) is 3.65. The Morgan fingerprint density at radius 3 is 2.70 bits per heavy atom. The van der Waals surface area contributed by atoms with Crippen molar-refractivity contribution in [2.45, 2.75) is 38.6 Å². The number of nitrogens with one attached hydrogen (secondary N) is 1. The fourth-order valence-corrected chi connectivity index (χ4v) is 2.75. The summed E-state index contributed by atoms with van der Waals surface area (Å²) in [5.41, 5.74) is 2.65.